The maximum Gasteiger partial charge on any atom is 0.338 e. The third-order valence-electron chi connectivity index (χ3n) is 4.34. The van der Waals surface area contributed by atoms with Crippen LogP contribution < -0.4 is 5.32 Å². The lowest BCUT2D eigenvalue weighted by Crippen LogP contribution is -2.62. The number of ether oxygens (including phenoxy) is 1. The summed E-state index contributed by atoms with van der Waals surface area (Å²) in [4.78, 5) is 23.7. The van der Waals surface area contributed by atoms with Crippen LogP contribution in [0.1, 0.15) is 39.0 Å². The van der Waals surface area contributed by atoms with Gasteiger partial charge in [-0.15, -0.1) is 0 Å². The molecule has 1 aliphatic heterocycles. The van der Waals surface area contributed by atoms with Crippen molar-refractivity contribution in [1.29, 1.82) is 0 Å². The van der Waals surface area contributed by atoms with Crippen molar-refractivity contribution in [3.63, 3.8) is 0 Å². The molecule has 0 aromatic heterocycles. The Morgan fingerprint density at radius 3 is 2.58 bits per heavy atom. The lowest BCUT2D eigenvalue weighted by molar-refractivity contribution is -0.154. The molecule has 0 saturated heterocycles. The van der Waals surface area contributed by atoms with Crippen molar-refractivity contribution in [3.05, 3.63) is 11.6 Å². The van der Waals surface area contributed by atoms with Crippen molar-refractivity contribution >= 4 is 11.9 Å². The minimum Gasteiger partial charge on any atom is -0.467 e. The van der Waals surface area contributed by atoms with E-state index in [9.17, 15) is 14.7 Å². The van der Waals surface area contributed by atoms with Crippen molar-refractivity contribution < 1.29 is 19.4 Å². The van der Waals surface area contributed by atoms with Crippen LogP contribution in [0.5, 0.6) is 0 Å². The molecule has 1 amide bonds. The van der Waals surface area contributed by atoms with Crippen LogP contribution in [-0.2, 0) is 14.3 Å². The molecule has 1 heterocycles. The Kier molecular flexibility index (Phi) is 3.94. The van der Waals surface area contributed by atoms with Crippen LogP contribution >= 0.6 is 0 Å². The Morgan fingerprint density at radius 1 is 1.47 bits per heavy atom. The zero-order valence-corrected chi connectivity index (χ0v) is 11.4. The summed E-state index contributed by atoms with van der Waals surface area (Å²) in [5.74, 6) is -0.919. The first-order chi connectivity index (χ1) is 9.02. The van der Waals surface area contributed by atoms with Crippen LogP contribution in [-0.4, -0.2) is 35.7 Å². The SMILES string of the molecule is COC(=O)[C@]1([C@@H](O)C2CCCCC2)NC(=O)C=C1C. The first kappa shape index (κ1) is 14.1. The van der Waals surface area contributed by atoms with Gasteiger partial charge in [0.2, 0.25) is 5.91 Å². The summed E-state index contributed by atoms with van der Waals surface area (Å²) in [5, 5.41) is 13.3. The standard InChI is InChI=1S/C14H21NO4/c1-9-8-11(16)15-14(9,13(18)19-2)12(17)10-6-4-3-5-7-10/h8,10,12,17H,3-7H2,1-2H3,(H,15,16)/t12-,14-/m0/s1. The topological polar surface area (TPSA) is 75.6 Å². The van der Waals surface area contributed by atoms with Gasteiger partial charge in [-0.25, -0.2) is 4.79 Å². The molecule has 0 aromatic carbocycles. The van der Waals surface area contributed by atoms with Gasteiger partial charge in [-0.3, -0.25) is 4.79 Å². The summed E-state index contributed by atoms with van der Waals surface area (Å²) in [6.07, 6.45) is 5.46. The normalized spacial score (nSPS) is 29.6. The molecule has 19 heavy (non-hydrogen) atoms. The van der Waals surface area contributed by atoms with E-state index < -0.39 is 17.6 Å². The minimum absolute atomic E-state index is 0.0228. The van der Waals surface area contributed by atoms with E-state index in [1.54, 1.807) is 6.92 Å². The van der Waals surface area contributed by atoms with E-state index in [1.807, 2.05) is 0 Å². The quantitative estimate of drug-likeness (QED) is 0.745. The molecule has 0 radical (unpaired) electrons. The summed E-state index contributed by atoms with van der Waals surface area (Å²) in [7, 11) is 1.27. The molecule has 5 heteroatoms. The molecule has 2 aliphatic rings. The second-order valence-corrected chi connectivity index (χ2v) is 5.46. The van der Waals surface area contributed by atoms with E-state index in [0.717, 1.165) is 32.1 Å². The van der Waals surface area contributed by atoms with Crippen LogP contribution in [0.3, 0.4) is 0 Å². The van der Waals surface area contributed by atoms with E-state index in [0.29, 0.717) is 5.57 Å². The predicted octanol–water partition coefficient (Wildman–Crippen LogP) is 0.915. The number of nitrogens with one attached hydrogen (secondary N) is 1. The monoisotopic (exact) mass is 267 g/mol. The van der Waals surface area contributed by atoms with Crippen LogP contribution in [0, 0.1) is 5.92 Å². The number of hydrogen-bond donors (Lipinski definition) is 2. The molecule has 1 saturated carbocycles. The highest BCUT2D eigenvalue weighted by Crippen LogP contribution is 2.36. The van der Waals surface area contributed by atoms with Gasteiger partial charge in [0.15, 0.2) is 5.54 Å². The van der Waals surface area contributed by atoms with Gasteiger partial charge in [0, 0.05) is 6.08 Å². The van der Waals surface area contributed by atoms with E-state index in [2.05, 4.69) is 5.32 Å². The van der Waals surface area contributed by atoms with Gasteiger partial charge in [0.05, 0.1) is 13.2 Å². The van der Waals surface area contributed by atoms with Gasteiger partial charge in [-0.05, 0) is 31.3 Å². The Labute approximate surface area is 113 Å². The largest absolute Gasteiger partial charge is 0.467 e. The van der Waals surface area contributed by atoms with E-state index in [1.165, 1.54) is 13.2 Å². The van der Waals surface area contributed by atoms with Crippen LogP contribution in [0.4, 0.5) is 0 Å². The number of hydrogen-bond acceptors (Lipinski definition) is 4. The van der Waals surface area contributed by atoms with E-state index in [-0.39, 0.29) is 11.8 Å². The predicted molar refractivity (Wildman–Crippen MR) is 69.2 cm³/mol. The van der Waals surface area contributed by atoms with E-state index >= 15 is 0 Å². The molecule has 2 atom stereocenters. The number of carbonyl (C=O) groups is 2. The molecular weight excluding hydrogens is 246 g/mol. The number of rotatable bonds is 3. The number of esters is 1. The molecule has 2 N–H and O–H groups in total. The smallest absolute Gasteiger partial charge is 0.338 e. The number of amides is 1. The lowest BCUT2D eigenvalue weighted by atomic mass is 9.74. The molecule has 2 rings (SSSR count). The highest BCUT2D eigenvalue weighted by atomic mass is 16.5. The Morgan fingerprint density at radius 2 is 2.11 bits per heavy atom. The lowest BCUT2D eigenvalue weighted by Gasteiger charge is -2.38. The molecular formula is C14H21NO4. The van der Waals surface area contributed by atoms with Gasteiger partial charge < -0.3 is 15.2 Å². The highest BCUT2D eigenvalue weighted by molar-refractivity contribution is 6.02. The Bertz CT molecular complexity index is 412. The molecule has 0 aromatic rings. The number of aliphatic hydroxyl groups excluding tert-OH is 1. The second kappa shape index (κ2) is 5.33. The van der Waals surface area contributed by atoms with Crippen LogP contribution in [0.15, 0.2) is 11.6 Å². The third-order valence-corrected chi connectivity index (χ3v) is 4.34. The van der Waals surface area contributed by atoms with Gasteiger partial charge in [-0.2, -0.15) is 0 Å². The number of methoxy groups -OCH3 is 1. The molecule has 1 fully saturated rings. The average molecular weight is 267 g/mol. The minimum atomic E-state index is -1.40. The van der Waals surface area contributed by atoms with Crippen LogP contribution in [0.2, 0.25) is 0 Å². The van der Waals surface area contributed by atoms with Crippen molar-refractivity contribution in [2.75, 3.05) is 7.11 Å². The summed E-state index contributed by atoms with van der Waals surface area (Å²) >= 11 is 0. The summed E-state index contributed by atoms with van der Waals surface area (Å²) in [6.45, 7) is 1.68. The molecule has 5 nitrogen and oxygen atoms in total. The van der Waals surface area contributed by atoms with Gasteiger partial charge >= 0.3 is 5.97 Å². The van der Waals surface area contributed by atoms with Gasteiger partial charge in [0.1, 0.15) is 0 Å². The van der Waals surface area contributed by atoms with Crippen LogP contribution in [0.25, 0.3) is 0 Å². The number of aliphatic hydroxyl groups is 1. The maximum absolute atomic E-state index is 12.1. The van der Waals surface area contributed by atoms with Gasteiger partial charge in [0.25, 0.3) is 0 Å². The Hall–Kier alpha value is -1.36. The molecule has 1 aliphatic carbocycles. The molecule has 0 bridgehead atoms. The van der Waals surface area contributed by atoms with Crippen molar-refractivity contribution in [2.24, 2.45) is 5.92 Å². The zero-order chi connectivity index (χ0) is 14.0. The summed E-state index contributed by atoms with van der Waals surface area (Å²) in [5.41, 5.74) is -0.865. The van der Waals surface area contributed by atoms with Crippen molar-refractivity contribution in [1.82, 2.24) is 5.32 Å². The second-order valence-electron chi connectivity index (χ2n) is 5.46. The number of carbonyl (C=O) groups excluding carboxylic acids is 2. The summed E-state index contributed by atoms with van der Waals surface area (Å²) < 4.78 is 4.81. The third kappa shape index (κ3) is 2.27. The van der Waals surface area contributed by atoms with Crippen molar-refractivity contribution in [2.45, 2.75) is 50.7 Å². The fourth-order valence-corrected chi connectivity index (χ4v) is 3.24. The van der Waals surface area contributed by atoms with Crippen molar-refractivity contribution in [3.8, 4) is 0 Å². The summed E-state index contributed by atoms with van der Waals surface area (Å²) in [6, 6.07) is 0. The highest BCUT2D eigenvalue weighted by Gasteiger charge is 2.54. The fraction of sp³-hybridized carbons (Fsp3) is 0.714. The Balaban J connectivity index is 2.30. The first-order valence-corrected chi connectivity index (χ1v) is 6.79. The molecule has 0 spiro atoms. The maximum atomic E-state index is 12.1. The fourth-order valence-electron chi connectivity index (χ4n) is 3.24. The first-order valence-electron chi connectivity index (χ1n) is 6.79. The van der Waals surface area contributed by atoms with E-state index in [4.69, 9.17) is 4.74 Å². The average Bonchev–Trinajstić information content (AvgIpc) is 2.73. The zero-order valence-electron chi connectivity index (χ0n) is 11.4. The molecule has 0 unspecified atom stereocenters. The van der Waals surface area contributed by atoms with Gasteiger partial charge in [-0.1, -0.05) is 19.3 Å². The molecule has 106 valence electrons.